The summed E-state index contributed by atoms with van der Waals surface area (Å²) < 4.78 is 0. The molecule has 0 fully saturated rings. The number of H-pyrrole nitrogens is 1. The van der Waals surface area contributed by atoms with Crippen LogP contribution in [-0.4, -0.2) is 17.0 Å². The molecule has 0 saturated heterocycles. The SMILES string of the molecule is C=CCC(NC)c1ncc[nH]1. The Morgan fingerprint density at radius 3 is 3.18 bits per heavy atom. The third kappa shape index (κ3) is 1.91. The second-order valence-electron chi connectivity index (χ2n) is 2.34. The number of aromatic amines is 1. The van der Waals surface area contributed by atoms with Crippen molar-refractivity contribution < 1.29 is 0 Å². The molecule has 0 saturated carbocycles. The smallest absolute Gasteiger partial charge is 0.123 e. The summed E-state index contributed by atoms with van der Waals surface area (Å²) in [6.07, 6.45) is 6.35. The van der Waals surface area contributed by atoms with Crippen molar-refractivity contribution in [1.82, 2.24) is 15.3 Å². The minimum Gasteiger partial charge on any atom is -0.347 e. The first kappa shape index (κ1) is 8.01. The summed E-state index contributed by atoms with van der Waals surface area (Å²) in [6.45, 7) is 3.68. The normalized spacial score (nSPS) is 12.8. The van der Waals surface area contributed by atoms with Gasteiger partial charge in [0.05, 0.1) is 6.04 Å². The van der Waals surface area contributed by atoms with E-state index in [0.29, 0.717) is 0 Å². The number of nitrogens with zero attached hydrogens (tertiary/aromatic N) is 1. The number of nitrogens with one attached hydrogen (secondary N) is 2. The summed E-state index contributed by atoms with van der Waals surface area (Å²) in [6, 6.07) is 0.266. The molecule has 1 aromatic heterocycles. The summed E-state index contributed by atoms with van der Waals surface area (Å²) in [4.78, 5) is 7.19. The Kier molecular flexibility index (Phi) is 2.86. The van der Waals surface area contributed by atoms with E-state index in [1.807, 2.05) is 19.3 Å². The lowest BCUT2D eigenvalue weighted by Gasteiger charge is -2.09. The highest BCUT2D eigenvalue weighted by Gasteiger charge is 2.07. The number of imidazole rings is 1. The largest absolute Gasteiger partial charge is 0.347 e. The second kappa shape index (κ2) is 3.93. The Morgan fingerprint density at radius 2 is 2.73 bits per heavy atom. The van der Waals surface area contributed by atoms with Crippen molar-refractivity contribution in [3.63, 3.8) is 0 Å². The maximum absolute atomic E-state index is 4.14. The first-order valence-electron chi connectivity index (χ1n) is 3.66. The number of rotatable bonds is 4. The van der Waals surface area contributed by atoms with Gasteiger partial charge in [-0.25, -0.2) is 4.98 Å². The maximum atomic E-state index is 4.14. The zero-order chi connectivity index (χ0) is 8.10. The molecular formula is C8H13N3. The summed E-state index contributed by atoms with van der Waals surface area (Å²) >= 11 is 0. The van der Waals surface area contributed by atoms with Crippen molar-refractivity contribution in [3.8, 4) is 0 Å². The van der Waals surface area contributed by atoms with Crippen LogP contribution in [0.3, 0.4) is 0 Å². The molecule has 0 radical (unpaired) electrons. The van der Waals surface area contributed by atoms with Gasteiger partial charge in [0.15, 0.2) is 0 Å². The van der Waals surface area contributed by atoms with Gasteiger partial charge in [-0.1, -0.05) is 6.08 Å². The van der Waals surface area contributed by atoms with Gasteiger partial charge in [0.2, 0.25) is 0 Å². The molecule has 0 bridgehead atoms. The molecule has 3 nitrogen and oxygen atoms in total. The van der Waals surface area contributed by atoms with Gasteiger partial charge in [0.25, 0.3) is 0 Å². The van der Waals surface area contributed by atoms with Crippen LogP contribution in [0.1, 0.15) is 18.3 Å². The van der Waals surface area contributed by atoms with Gasteiger partial charge in [-0.05, 0) is 13.5 Å². The molecule has 0 aliphatic heterocycles. The van der Waals surface area contributed by atoms with Crippen LogP contribution in [0, 0.1) is 0 Å². The van der Waals surface area contributed by atoms with E-state index in [0.717, 1.165) is 12.2 Å². The molecule has 0 aliphatic carbocycles. The molecule has 3 heteroatoms. The van der Waals surface area contributed by atoms with E-state index >= 15 is 0 Å². The Morgan fingerprint density at radius 1 is 1.91 bits per heavy atom. The number of hydrogen-bond acceptors (Lipinski definition) is 2. The van der Waals surface area contributed by atoms with Crippen molar-refractivity contribution in [1.29, 1.82) is 0 Å². The molecule has 2 N–H and O–H groups in total. The fourth-order valence-electron chi connectivity index (χ4n) is 1.00. The summed E-state index contributed by atoms with van der Waals surface area (Å²) in [5, 5.41) is 3.14. The minimum atomic E-state index is 0.266. The van der Waals surface area contributed by atoms with Crippen LogP contribution < -0.4 is 5.32 Å². The van der Waals surface area contributed by atoms with Gasteiger partial charge in [-0.2, -0.15) is 0 Å². The van der Waals surface area contributed by atoms with Gasteiger partial charge < -0.3 is 10.3 Å². The van der Waals surface area contributed by atoms with Crippen LogP contribution in [-0.2, 0) is 0 Å². The fourth-order valence-corrected chi connectivity index (χ4v) is 1.00. The van der Waals surface area contributed by atoms with E-state index in [4.69, 9.17) is 0 Å². The summed E-state index contributed by atoms with van der Waals surface area (Å²) in [7, 11) is 1.91. The average molecular weight is 151 g/mol. The Hall–Kier alpha value is -1.09. The van der Waals surface area contributed by atoms with Crippen LogP contribution in [0.4, 0.5) is 0 Å². The summed E-state index contributed by atoms with van der Waals surface area (Å²) in [5.41, 5.74) is 0. The molecule has 0 aromatic carbocycles. The Labute approximate surface area is 66.5 Å². The third-order valence-electron chi connectivity index (χ3n) is 1.60. The van der Waals surface area contributed by atoms with E-state index < -0.39 is 0 Å². The molecular weight excluding hydrogens is 138 g/mol. The van der Waals surface area contributed by atoms with Crippen LogP contribution in [0.25, 0.3) is 0 Å². The highest BCUT2D eigenvalue weighted by molar-refractivity contribution is 4.97. The lowest BCUT2D eigenvalue weighted by atomic mass is 10.2. The maximum Gasteiger partial charge on any atom is 0.123 e. The standard InChI is InChI=1S/C8H13N3/c1-3-4-7(9-2)8-10-5-6-11-8/h3,5-7,9H,1,4H2,2H3,(H,10,11). The van der Waals surface area contributed by atoms with Gasteiger partial charge in [-0.3, -0.25) is 0 Å². The predicted molar refractivity (Wildman–Crippen MR) is 45.2 cm³/mol. The third-order valence-corrected chi connectivity index (χ3v) is 1.60. The fraction of sp³-hybridized carbons (Fsp3) is 0.375. The monoisotopic (exact) mass is 151 g/mol. The Bertz CT molecular complexity index is 203. The zero-order valence-corrected chi connectivity index (χ0v) is 6.67. The van der Waals surface area contributed by atoms with Crippen LogP contribution in [0.2, 0.25) is 0 Å². The van der Waals surface area contributed by atoms with E-state index in [1.165, 1.54) is 0 Å². The van der Waals surface area contributed by atoms with Crippen molar-refractivity contribution in [3.05, 3.63) is 30.9 Å². The summed E-state index contributed by atoms with van der Waals surface area (Å²) in [5.74, 6) is 0.965. The van der Waals surface area contributed by atoms with Gasteiger partial charge in [0, 0.05) is 12.4 Å². The van der Waals surface area contributed by atoms with Gasteiger partial charge >= 0.3 is 0 Å². The molecule has 1 atom stereocenters. The topological polar surface area (TPSA) is 40.7 Å². The zero-order valence-electron chi connectivity index (χ0n) is 6.67. The molecule has 11 heavy (non-hydrogen) atoms. The molecule has 1 aromatic rings. The number of hydrogen-bond donors (Lipinski definition) is 2. The molecule has 60 valence electrons. The van der Waals surface area contributed by atoms with E-state index in [2.05, 4.69) is 21.9 Å². The second-order valence-corrected chi connectivity index (χ2v) is 2.34. The first-order chi connectivity index (χ1) is 5.38. The molecule has 1 unspecified atom stereocenters. The first-order valence-corrected chi connectivity index (χ1v) is 3.66. The van der Waals surface area contributed by atoms with E-state index in [9.17, 15) is 0 Å². The number of aromatic nitrogens is 2. The van der Waals surface area contributed by atoms with Crippen molar-refractivity contribution in [2.24, 2.45) is 0 Å². The lowest BCUT2D eigenvalue weighted by Crippen LogP contribution is -2.16. The van der Waals surface area contributed by atoms with E-state index in [1.54, 1.807) is 6.20 Å². The van der Waals surface area contributed by atoms with Crippen molar-refractivity contribution in [2.45, 2.75) is 12.5 Å². The van der Waals surface area contributed by atoms with Crippen molar-refractivity contribution >= 4 is 0 Å². The quantitative estimate of drug-likeness (QED) is 0.636. The molecule has 0 amide bonds. The van der Waals surface area contributed by atoms with Gasteiger partial charge in [-0.15, -0.1) is 6.58 Å². The average Bonchev–Trinajstić information content (AvgIpc) is 2.52. The van der Waals surface area contributed by atoms with Crippen LogP contribution in [0.5, 0.6) is 0 Å². The minimum absolute atomic E-state index is 0.266. The molecule has 0 spiro atoms. The van der Waals surface area contributed by atoms with Crippen LogP contribution >= 0.6 is 0 Å². The van der Waals surface area contributed by atoms with Gasteiger partial charge in [0.1, 0.15) is 5.82 Å². The van der Waals surface area contributed by atoms with Crippen molar-refractivity contribution in [2.75, 3.05) is 7.05 Å². The predicted octanol–water partition coefficient (Wildman–Crippen LogP) is 1.25. The van der Waals surface area contributed by atoms with Crippen LogP contribution in [0.15, 0.2) is 25.0 Å². The molecule has 1 rings (SSSR count). The Balaban J connectivity index is 2.62. The highest BCUT2D eigenvalue weighted by Crippen LogP contribution is 2.10. The molecule has 0 aliphatic rings. The highest BCUT2D eigenvalue weighted by atomic mass is 15.0. The molecule has 1 heterocycles. The van der Waals surface area contributed by atoms with E-state index in [-0.39, 0.29) is 6.04 Å². The lowest BCUT2D eigenvalue weighted by molar-refractivity contribution is 0.573.